The van der Waals surface area contributed by atoms with E-state index in [-0.39, 0.29) is 28.5 Å². The van der Waals surface area contributed by atoms with Gasteiger partial charge >= 0.3 is 6.16 Å². The molecule has 0 radical (unpaired) electrons. The third-order valence-corrected chi connectivity index (χ3v) is 2.96. The van der Waals surface area contributed by atoms with Crippen LogP contribution in [0.3, 0.4) is 0 Å². The number of hydrogen-bond acceptors (Lipinski definition) is 7. The van der Waals surface area contributed by atoms with Crippen molar-refractivity contribution < 1.29 is 19.6 Å². The monoisotopic (exact) mass is 318 g/mol. The Morgan fingerprint density at radius 3 is 2.57 bits per heavy atom. The molecule has 2 rings (SSSR count). The Morgan fingerprint density at radius 2 is 1.96 bits per heavy atom. The molecule has 0 atom stereocenters. The lowest BCUT2D eigenvalue weighted by molar-refractivity contribution is -0.383. The van der Waals surface area contributed by atoms with Crippen molar-refractivity contribution in [3.05, 3.63) is 46.5 Å². The van der Waals surface area contributed by atoms with E-state index < -0.39 is 11.1 Å². The summed E-state index contributed by atoms with van der Waals surface area (Å²) in [4.78, 5) is 21.3. The lowest BCUT2D eigenvalue weighted by Gasteiger charge is -2.13. The minimum absolute atomic E-state index is 0.00970. The van der Waals surface area contributed by atoms with Crippen molar-refractivity contribution in [3.8, 4) is 5.75 Å². The van der Waals surface area contributed by atoms with E-state index in [1.54, 1.807) is 19.2 Å². The van der Waals surface area contributed by atoms with Gasteiger partial charge in [-0.1, -0.05) is 0 Å². The Morgan fingerprint density at radius 1 is 1.26 bits per heavy atom. The first-order valence-corrected chi connectivity index (χ1v) is 6.44. The third-order valence-electron chi connectivity index (χ3n) is 2.96. The van der Waals surface area contributed by atoms with Gasteiger partial charge in [0.05, 0.1) is 10.6 Å². The number of nitrogen functional groups attached to an aromatic ring is 1. The highest BCUT2D eigenvalue weighted by Gasteiger charge is 2.17. The van der Waals surface area contributed by atoms with Crippen molar-refractivity contribution in [2.24, 2.45) is 0 Å². The van der Waals surface area contributed by atoms with Crippen LogP contribution in [0.1, 0.15) is 0 Å². The summed E-state index contributed by atoms with van der Waals surface area (Å²) in [5.41, 5.74) is 6.61. The first-order valence-electron chi connectivity index (χ1n) is 6.44. The number of carbonyl (C=O) groups is 1. The Bertz CT molecular complexity index is 763. The van der Waals surface area contributed by atoms with Gasteiger partial charge in [0.25, 0.3) is 5.69 Å². The summed E-state index contributed by atoms with van der Waals surface area (Å²) in [6.45, 7) is 0. The van der Waals surface area contributed by atoms with Gasteiger partial charge in [-0.3, -0.25) is 10.1 Å². The number of ether oxygens (including phenoxy) is 1. The maximum absolute atomic E-state index is 11.1. The Hall–Kier alpha value is -3.49. The Balaban J connectivity index is 2.43. The largest absolute Gasteiger partial charge is 0.511 e. The van der Waals surface area contributed by atoms with E-state index in [2.05, 4.69) is 10.6 Å². The fourth-order valence-corrected chi connectivity index (χ4v) is 1.91. The number of carboxylic acid groups (broad SMARTS) is 1. The molecule has 9 nitrogen and oxygen atoms in total. The van der Waals surface area contributed by atoms with Crippen LogP contribution in [0.25, 0.3) is 0 Å². The number of hydrogen-bond donors (Lipinski definition) is 4. The highest BCUT2D eigenvalue weighted by molar-refractivity contribution is 5.78. The molecule has 2 aromatic carbocycles. The summed E-state index contributed by atoms with van der Waals surface area (Å²) in [7, 11) is 1.66. The lowest BCUT2D eigenvalue weighted by atomic mass is 10.2. The second-order valence-electron chi connectivity index (χ2n) is 4.49. The molecule has 0 aromatic heterocycles. The summed E-state index contributed by atoms with van der Waals surface area (Å²) in [6.07, 6.45) is -1.49. The maximum atomic E-state index is 11.1. The van der Waals surface area contributed by atoms with Crippen LogP contribution in [-0.2, 0) is 0 Å². The van der Waals surface area contributed by atoms with Gasteiger partial charge in [-0.25, -0.2) is 4.79 Å². The van der Waals surface area contributed by atoms with Gasteiger partial charge in [-0.05, 0) is 24.3 Å². The van der Waals surface area contributed by atoms with Crippen LogP contribution in [0.4, 0.5) is 33.2 Å². The number of nitrogens with two attached hydrogens (primary N) is 1. The summed E-state index contributed by atoms with van der Waals surface area (Å²) in [5, 5.41) is 25.5. The van der Waals surface area contributed by atoms with Crippen molar-refractivity contribution in [2.45, 2.75) is 0 Å². The molecule has 23 heavy (non-hydrogen) atoms. The van der Waals surface area contributed by atoms with Crippen molar-refractivity contribution in [1.82, 2.24) is 0 Å². The summed E-state index contributed by atoms with van der Waals surface area (Å²) in [6, 6.07) is 8.81. The molecule has 5 N–H and O–H groups in total. The molecule has 0 aliphatic carbocycles. The first-order chi connectivity index (χ1) is 10.9. The van der Waals surface area contributed by atoms with E-state index >= 15 is 0 Å². The van der Waals surface area contributed by atoms with E-state index in [1.807, 2.05) is 0 Å². The average molecular weight is 318 g/mol. The summed E-state index contributed by atoms with van der Waals surface area (Å²) < 4.78 is 4.70. The highest BCUT2D eigenvalue weighted by Crippen LogP contribution is 2.35. The van der Waals surface area contributed by atoms with Crippen LogP contribution in [0, 0.1) is 10.1 Å². The van der Waals surface area contributed by atoms with E-state index in [0.29, 0.717) is 5.69 Å². The fourth-order valence-electron chi connectivity index (χ4n) is 1.91. The van der Waals surface area contributed by atoms with Gasteiger partial charge in [-0.2, -0.15) is 0 Å². The number of nitrogens with one attached hydrogen (secondary N) is 2. The number of rotatable bonds is 5. The number of nitro benzene ring substituents is 1. The minimum Gasteiger partial charge on any atom is -0.449 e. The standard InChI is InChI=1S/C14H14N4O5/c1-16-9-3-5-11(13(7-9)23-14(19)20)17-10-4-2-8(15)6-12(10)18(21)22/h2-7,16-17H,15H2,1H3,(H,19,20). The Kier molecular flexibility index (Phi) is 4.50. The molecule has 0 heterocycles. The summed E-state index contributed by atoms with van der Waals surface area (Å²) in [5.74, 6) is 0.00970. The molecule has 0 amide bonds. The predicted molar refractivity (Wildman–Crippen MR) is 85.4 cm³/mol. The molecular weight excluding hydrogens is 304 g/mol. The number of nitro groups is 1. The van der Waals surface area contributed by atoms with Crippen molar-refractivity contribution >= 4 is 34.6 Å². The second kappa shape index (κ2) is 6.52. The van der Waals surface area contributed by atoms with Crippen LogP contribution in [0.2, 0.25) is 0 Å². The number of benzene rings is 2. The molecule has 0 spiro atoms. The molecule has 0 aliphatic rings. The Labute approximate surface area is 130 Å². The topological polar surface area (TPSA) is 140 Å². The molecule has 0 saturated heterocycles. The molecule has 0 aliphatic heterocycles. The molecule has 0 fully saturated rings. The van der Waals surface area contributed by atoms with Crippen molar-refractivity contribution in [1.29, 1.82) is 0 Å². The minimum atomic E-state index is -1.49. The van der Waals surface area contributed by atoms with Gasteiger partial charge in [0, 0.05) is 30.6 Å². The van der Waals surface area contributed by atoms with Crippen LogP contribution < -0.4 is 21.1 Å². The number of anilines is 4. The average Bonchev–Trinajstić information content (AvgIpc) is 2.49. The van der Waals surface area contributed by atoms with Crippen LogP contribution >= 0.6 is 0 Å². The first kappa shape index (κ1) is 15.9. The lowest BCUT2D eigenvalue weighted by Crippen LogP contribution is -2.06. The third kappa shape index (κ3) is 3.79. The zero-order valence-electron chi connectivity index (χ0n) is 12.1. The van der Waals surface area contributed by atoms with Gasteiger partial charge in [0.15, 0.2) is 5.75 Å². The molecule has 2 aromatic rings. The molecule has 120 valence electrons. The maximum Gasteiger partial charge on any atom is 0.511 e. The SMILES string of the molecule is CNc1ccc(Nc2ccc(N)cc2[N+](=O)[O-])c(OC(=O)O)c1. The quantitative estimate of drug-likeness (QED) is 0.217. The van der Waals surface area contributed by atoms with E-state index in [9.17, 15) is 14.9 Å². The van der Waals surface area contributed by atoms with Gasteiger partial charge in [0.1, 0.15) is 5.69 Å². The van der Waals surface area contributed by atoms with E-state index in [4.69, 9.17) is 15.6 Å². The molecule has 9 heteroatoms. The predicted octanol–water partition coefficient (Wildman–Crippen LogP) is 3.02. The van der Waals surface area contributed by atoms with Crippen LogP contribution in [0.5, 0.6) is 5.75 Å². The zero-order valence-corrected chi connectivity index (χ0v) is 12.1. The number of nitrogens with zero attached hydrogens (tertiary/aromatic N) is 1. The highest BCUT2D eigenvalue weighted by atomic mass is 16.7. The second-order valence-corrected chi connectivity index (χ2v) is 4.49. The molecule has 0 bridgehead atoms. The fraction of sp³-hybridized carbons (Fsp3) is 0.0714. The van der Waals surface area contributed by atoms with Gasteiger partial charge in [-0.15, -0.1) is 0 Å². The molecular formula is C14H14N4O5. The zero-order chi connectivity index (χ0) is 17.0. The summed E-state index contributed by atoms with van der Waals surface area (Å²) >= 11 is 0. The van der Waals surface area contributed by atoms with Crippen molar-refractivity contribution in [2.75, 3.05) is 23.4 Å². The van der Waals surface area contributed by atoms with Crippen molar-refractivity contribution in [3.63, 3.8) is 0 Å². The van der Waals surface area contributed by atoms with E-state index in [1.165, 1.54) is 24.3 Å². The van der Waals surface area contributed by atoms with Crippen LogP contribution in [0.15, 0.2) is 36.4 Å². The van der Waals surface area contributed by atoms with Gasteiger partial charge in [0.2, 0.25) is 0 Å². The van der Waals surface area contributed by atoms with Crippen LogP contribution in [-0.4, -0.2) is 23.2 Å². The molecule has 0 unspecified atom stereocenters. The van der Waals surface area contributed by atoms with Gasteiger partial charge < -0.3 is 26.2 Å². The molecule has 0 saturated carbocycles. The smallest absolute Gasteiger partial charge is 0.449 e. The van der Waals surface area contributed by atoms with E-state index in [0.717, 1.165) is 0 Å². The normalized spacial score (nSPS) is 9.96.